The lowest BCUT2D eigenvalue weighted by molar-refractivity contribution is 1.46. The summed E-state index contributed by atoms with van der Waals surface area (Å²) in [5, 5.41) is 0. The highest BCUT2D eigenvalue weighted by atomic mass is 13.9. The van der Waals surface area contributed by atoms with Crippen molar-refractivity contribution in [1.82, 2.24) is 0 Å². The Hall–Kier alpha value is -2.08. The van der Waals surface area contributed by atoms with Crippen molar-refractivity contribution in [3.8, 4) is 0 Å². The zero-order chi connectivity index (χ0) is 13.4. The first-order chi connectivity index (χ1) is 8.65. The molecule has 0 aromatic heterocycles. The van der Waals surface area contributed by atoms with Gasteiger partial charge < -0.3 is 0 Å². The maximum Gasteiger partial charge on any atom is -0.0260 e. The first-order valence-corrected chi connectivity index (χ1v) is 6.04. The van der Waals surface area contributed by atoms with Crippen LogP contribution in [0.5, 0.6) is 0 Å². The molecule has 0 amide bonds. The fraction of sp³-hybridized carbons (Fsp3) is 0.200. The Morgan fingerprint density at radius 2 is 1.25 bits per heavy atom. The normalized spacial score (nSPS) is 8.10. The molecule has 0 heterocycles. The third-order valence-electron chi connectivity index (χ3n) is 2.59. The Morgan fingerprint density at radius 3 is 1.65 bits per heavy atom. The molecular formula is C20H28. The molecule has 0 radical (unpaired) electrons. The van der Waals surface area contributed by atoms with Crippen LogP contribution in [-0.4, -0.2) is 0 Å². The molecule has 0 aliphatic rings. The van der Waals surface area contributed by atoms with Crippen LogP contribution in [0.4, 0.5) is 0 Å². The van der Waals surface area contributed by atoms with Crippen molar-refractivity contribution in [2.24, 2.45) is 0 Å². The van der Waals surface area contributed by atoms with E-state index in [9.17, 15) is 0 Å². The number of benzene rings is 2. The number of aryl methyl sites for hydroxylation is 2. The Labute approximate surface area is 125 Å². The summed E-state index contributed by atoms with van der Waals surface area (Å²) >= 11 is 0. The lowest BCUT2D eigenvalue weighted by Gasteiger charge is -1.92. The minimum absolute atomic E-state index is 0. The monoisotopic (exact) mass is 268 g/mol. The van der Waals surface area contributed by atoms with E-state index in [1.54, 1.807) is 0 Å². The molecule has 2 aromatic rings. The maximum atomic E-state index is 3.67. The van der Waals surface area contributed by atoms with Gasteiger partial charge in [-0.25, -0.2) is 0 Å². The van der Waals surface area contributed by atoms with E-state index >= 15 is 0 Å². The molecule has 2 rings (SSSR count). The maximum absolute atomic E-state index is 3.67. The molecule has 20 heavy (non-hydrogen) atoms. The second-order valence-electron chi connectivity index (χ2n) is 4.23. The molecule has 0 saturated carbocycles. The van der Waals surface area contributed by atoms with Crippen molar-refractivity contribution < 1.29 is 0 Å². The smallest absolute Gasteiger partial charge is 0.0260 e. The van der Waals surface area contributed by atoms with E-state index in [0.29, 0.717) is 0 Å². The van der Waals surface area contributed by atoms with Gasteiger partial charge in [0.15, 0.2) is 0 Å². The van der Waals surface area contributed by atoms with Gasteiger partial charge in [-0.2, -0.15) is 0 Å². The summed E-state index contributed by atoms with van der Waals surface area (Å²) in [6.07, 6.45) is 3.70. The Balaban J connectivity index is 0. The second kappa shape index (κ2) is 10.8. The van der Waals surface area contributed by atoms with Gasteiger partial charge in [0.2, 0.25) is 0 Å². The number of hydrogen-bond acceptors (Lipinski definition) is 0. The molecule has 0 spiro atoms. The van der Waals surface area contributed by atoms with Gasteiger partial charge in [-0.15, -0.1) is 0 Å². The van der Waals surface area contributed by atoms with E-state index in [4.69, 9.17) is 0 Å². The summed E-state index contributed by atoms with van der Waals surface area (Å²) in [7, 11) is 0. The summed E-state index contributed by atoms with van der Waals surface area (Å²) in [6, 6.07) is 16.5. The van der Waals surface area contributed by atoms with Crippen molar-refractivity contribution in [2.45, 2.75) is 28.7 Å². The van der Waals surface area contributed by atoms with Gasteiger partial charge in [0.1, 0.15) is 0 Å². The van der Waals surface area contributed by atoms with Crippen LogP contribution in [0.1, 0.15) is 37.1 Å². The van der Waals surface area contributed by atoms with E-state index in [0.717, 1.165) is 0 Å². The van der Waals surface area contributed by atoms with Crippen LogP contribution in [0.2, 0.25) is 0 Å². The minimum atomic E-state index is 0. The van der Waals surface area contributed by atoms with Gasteiger partial charge in [-0.1, -0.05) is 99.8 Å². The molecule has 0 N–H and O–H groups in total. The van der Waals surface area contributed by atoms with Crippen LogP contribution < -0.4 is 0 Å². The first-order valence-electron chi connectivity index (χ1n) is 6.04. The summed E-state index contributed by atoms with van der Waals surface area (Å²) < 4.78 is 0. The fourth-order valence-electron chi connectivity index (χ4n) is 1.50. The third kappa shape index (κ3) is 7.38. The quantitative estimate of drug-likeness (QED) is 0.579. The predicted molar refractivity (Wildman–Crippen MR) is 96.0 cm³/mol. The summed E-state index contributed by atoms with van der Waals surface area (Å²) in [6.45, 7) is 11.5. The predicted octanol–water partition coefficient (Wildman–Crippen LogP) is 6.55. The summed E-state index contributed by atoms with van der Waals surface area (Å²) in [5.41, 5.74) is 4.95. The van der Waals surface area contributed by atoms with Crippen LogP contribution in [0.3, 0.4) is 0 Å². The van der Waals surface area contributed by atoms with E-state index in [-0.39, 0.29) is 14.9 Å². The Kier molecular flexibility index (Phi) is 10.9. The molecular weight excluding hydrogens is 240 g/mol. The molecule has 0 aliphatic carbocycles. The van der Waals surface area contributed by atoms with Gasteiger partial charge in [0, 0.05) is 0 Å². The SMILES string of the molecule is C.C.C=Cc1ccc(C)cc1.C=Cc1cccc(C)c1. The van der Waals surface area contributed by atoms with Crippen molar-refractivity contribution in [3.05, 3.63) is 83.9 Å². The van der Waals surface area contributed by atoms with Gasteiger partial charge in [-0.3, -0.25) is 0 Å². The number of hydrogen-bond donors (Lipinski definition) is 0. The van der Waals surface area contributed by atoms with Crippen LogP contribution in [0, 0.1) is 13.8 Å². The highest BCUT2D eigenvalue weighted by Gasteiger charge is 1.83. The van der Waals surface area contributed by atoms with Crippen LogP contribution in [-0.2, 0) is 0 Å². The molecule has 0 saturated heterocycles. The highest BCUT2D eigenvalue weighted by Crippen LogP contribution is 2.04. The molecule has 0 nitrogen and oxygen atoms in total. The average Bonchev–Trinajstić information content (AvgIpc) is 2.40. The van der Waals surface area contributed by atoms with Crippen molar-refractivity contribution >= 4 is 12.2 Å². The Bertz CT molecular complexity index is 504. The van der Waals surface area contributed by atoms with Crippen LogP contribution in [0.15, 0.2) is 61.7 Å². The Morgan fingerprint density at radius 1 is 0.700 bits per heavy atom. The molecule has 0 unspecified atom stereocenters. The van der Waals surface area contributed by atoms with E-state index in [1.807, 2.05) is 24.3 Å². The van der Waals surface area contributed by atoms with Crippen molar-refractivity contribution in [2.75, 3.05) is 0 Å². The van der Waals surface area contributed by atoms with Gasteiger partial charge >= 0.3 is 0 Å². The van der Waals surface area contributed by atoms with E-state index in [2.05, 4.69) is 63.4 Å². The molecule has 0 heteroatoms. The largest absolute Gasteiger partial charge is 0.0985 e. The van der Waals surface area contributed by atoms with Crippen molar-refractivity contribution in [1.29, 1.82) is 0 Å². The molecule has 2 aromatic carbocycles. The second-order valence-corrected chi connectivity index (χ2v) is 4.23. The summed E-state index contributed by atoms with van der Waals surface area (Å²) in [5.74, 6) is 0. The first kappa shape index (κ1) is 20.2. The standard InChI is InChI=1S/2C9H10.2CH4/c1-3-9-6-4-8(2)5-7-9;1-3-9-6-4-5-8(2)7-9;;/h2*3-7H,1H2,2H3;2*1H4. The van der Waals surface area contributed by atoms with E-state index < -0.39 is 0 Å². The molecule has 0 fully saturated rings. The lowest BCUT2D eigenvalue weighted by Crippen LogP contribution is -1.72. The zero-order valence-electron chi connectivity index (χ0n) is 11.2. The molecule has 0 bridgehead atoms. The van der Waals surface area contributed by atoms with Gasteiger partial charge in [0.25, 0.3) is 0 Å². The topological polar surface area (TPSA) is 0 Å². The third-order valence-corrected chi connectivity index (χ3v) is 2.59. The lowest BCUT2D eigenvalue weighted by atomic mass is 10.1. The highest BCUT2D eigenvalue weighted by molar-refractivity contribution is 5.47. The molecule has 108 valence electrons. The minimum Gasteiger partial charge on any atom is -0.0985 e. The van der Waals surface area contributed by atoms with Crippen molar-refractivity contribution in [3.63, 3.8) is 0 Å². The van der Waals surface area contributed by atoms with Gasteiger partial charge in [0.05, 0.1) is 0 Å². The average molecular weight is 268 g/mol. The van der Waals surface area contributed by atoms with E-state index in [1.165, 1.54) is 22.3 Å². The zero-order valence-corrected chi connectivity index (χ0v) is 11.2. The van der Waals surface area contributed by atoms with Gasteiger partial charge in [-0.05, 0) is 25.0 Å². The van der Waals surface area contributed by atoms with Crippen LogP contribution in [0.25, 0.3) is 12.2 Å². The molecule has 0 atom stereocenters. The molecule has 0 aliphatic heterocycles. The van der Waals surface area contributed by atoms with Crippen LogP contribution >= 0.6 is 0 Å². The summed E-state index contributed by atoms with van der Waals surface area (Å²) in [4.78, 5) is 0. The fourth-order valence-corrected chi connectivity index (χ4v) is 1.50. The number of rotatable bonds is 2.